The topological polar surface area (TPSA) is 20.3 Å². The molecule has 1 unspecified atom stereocenters. The first-order valence-corrected chi connectivity index (χ1v) is 6.08. The van der Waals surface area contributed by atoms with E-state index < -0.39 is 23.5 Å². The Bertz CT molecular complexity index is 231. The van der Waals surface area contributed by atoms with Crippen LogP contribution in [0.5, 0.6) is 0 Å². The molecule has 0 aliphatic carbocycles. The molecular weight excluding hydrogens is 287 g/mol. The molecule has 0 aromatic carbocycles. The molecule has 0 spiro atoms. The summed E-state index contributed by atoms with van der Waals surface area (Å²) in [6, 6.07) is 0. The number of amides is 1. The Hall–Kier alpha value is -0.260. The zero-order valence-corrected chi connectivity index (χ0v) is 11.2. The van der Waals surface area contributed by atoms with Crippen LogP contribution in [-0.2, 0) is 4.79 Å². The van der Waals surface area contributed by atoms with Gasteiger partial charge in [0.05, 0.1) is 4.83 Å². The van der Waals surface area contributed by atoms with E-state index in [-0.39, 0.29) is 12.5 Å². The van der Waals surface area contributed by atoms with E-state index in [1.807, 2.05) is 0 Å². The predicted molar refractivity (Wildman–Crippen MR) is 60.5 cm³/mol. The van der Waals surface area contributed by atoms with Crippen LogP contribution in [0.4, 0.5) is 13.2 Å². The average molecular weight is 304 g/mol. The minimum atomic E-state index is -4.34. The highest BCUT2D eigenvalue weighted by Gasteiger charge is 2.34. The van der Waals surface area contributed by atoms with Crippen molar-refractivity contribution in [2.75, 3.05) is 13.1 Å². The van der Waals surface area contributed by atoms with E-state index in [9.17, 15) is 18.0 Å². The number of alkyl halides is 4. The molecule has 0 heterocycles. The van der Waals surface area contributed by atoms with Gasteiger partial charge in [-0.2, -0.15) is 13.2 Å². The predicted octanol–water partition coefficient (Wildman–Crippen LogP) is 3.21. The molecule has 0 N–H and O–H groups in total. The monoisotopic (exact) mass is 303 g/mol. The van der Waals surface area contributed by atoms with Crippen molar-refractivity contribution >= 4 is 21.8 Å². The van der Waals surface area contributed by atoms with Gasteiger partial charge in [0.2, 0.25) is 5.91 Å². The molecule has 0 aromatic rings. The molecular formula is C10H17BrF3NO. The van der Waals surface area contributed by atoms with Gasteiger partial charge < -0.3 is 4.90 Å². The lowest BCUT2D eigenvalue weighted by Gasteiger charge is -2.27. The maximum absolute atomic E-state index is 12.3. The third-order valence-electron chi connectivity index (χ3n) is 1.89. The number of hydrogen-bond acceptors (Lipinski definition) is 1. The zero-order valence-electron chi connectivity index (χ0n) is 9.64. The van der Waals surface area contributed by atoms with Crippen molar-refractivity contribution in [2.45, 2.75) is 38.2 Å². The second-order valence-electron chi connectivity index (χ2n) is 4.10. The fourth-order valence-corrected chi connectivity index (χ4v) is 1.55. The van der Waals surface area contributed by atoms with E-state index in [0.29, 0.717) is 6.42 Å². The maximum Gasteiger partial charge on any atom is 0.406 e. The van der Waals surface area contributed by atoms with Crippen LogP contribution in [-0.4, -0.2) is 34.9 Å². The summed E-state index contributed by atoms with van der Waals surface area (Å²) in [7, 11) is 0. The third-order valence-corrected chi connectivity index (χ3v) is 2.93. The fraction of sp³-hybridized carbons (Fsp3) is 0.900. The molecule has 0 fully saturated rings. The molecule has 0 aromatic heterocycles. The molecule has 0 aliphatic heterocycles. The van der Waals surface area contributed by atoms with Crippen LogP contribution in [0, 0.1) is 5.92 Å². The number of nitrogens with zero attached hydrogens (tertiary/aromatic N) is 1. The van der Waals surface area contributed by atoms with Crippen LogP contribution in [0.3, 0.4) is 0 Å². The summed E-state index contributed by atoms with van der Waals surface area (Å²) in [5.41, 5.74) is 0. The molecule has 0 radical (unpaired) electrons. The van der Waals surface area contributed by atoms with Gasteiger partial charge >= 0.3 is 6.18 Å². The molecule has 1 amide bonds. The highest BCUT2D eigenvalue weighted by Crippen LogP contribution is 2.20. The van der Waals surface area contributed by atoms with Gasteiger partial charge in [-0.05, 0) is 12.3 Å². The van der Waals surface area contributed by atoms with E-state index >= 15 is 0 Å². The number of carbonyl (C=O) groups is 1. The Morgan fingerprint density at radius 3 is 2.19 bits per heavy atom. The summed E-state index contributed by atoms with van der Waals surface area (Å²) in [5, 5.41) is 0. The van der Waals surface area contributed by atoms with Crippen LogP contribution in [0.2, 0.25) is 0 Å². The smallest absolute Gasteiger partial charge is 0.332 e. The second-order valence-corrected chi connectivity index (χ2v) is 5.21. The molecule has 1 atom stereocenters. The van der Waals surface area contributed by atoms with Crippen LogP contribution < -0.4 is 0 Å². The zero-order chi connectivity index (χ0) is 12.9. The normalized spacial score (nSPS) is 14.0. The van der Waals surface area contributed by atoms with Gasteiger partial charge in [0, 0.05) is 6.54 Å². The van der Waals surface area contributed by atoms with E-state index in [1.54, 1.807) is 20.8 Å². The van der Waals surface area contributed by atoms with Crippen LogP contribution >= 0.6 is 15.9 Å². The van der Waals surface area contributed by atoms with Crippen LogP contribution in [0.25, 0.3) is 0 Å². The second kappa shape index (κ2) is 6.47. The molecule has 96 valence electrons. The summed E-state index contributed by atoms with van der Waals surface area (Å²) in [4.78, 5) is 12.0. The molecule has 16 heavy (non-hydrogen) atoms. The Kier molecular flexibility index (Phi) is 6.36. The number of hydrogen-bond donors (Lipinski definition) is 0. The maximum atomic E-state index is 12.3. The summed E-state index contributed by atoms with van der Waals surface area (Å²) < 4.78 is 36.8. The standard InChI is InChI=1S/C10H17BrF3NO/c1-4-8(11)9(16)15(5-7(2)3)6-10(12,13)14/h7-8H,4-6H2,1-3H3. The summed E-state index contributed by atoms with van der Waals surface area (Å²) in [6.45, 7) is 4.27. The Morgan fingerprint density at radius 2 is 1.88 bits per heavy atom. The summed E-state index contributed by atoms with van der Waals surface area (Å²) in [5.74, 6) is -0.476. The minimum absolute atomic E-state index is 0.0165. The van der Waals surface area contributed by atoms with E-state index in [0.717, 1.165) is 4.90 Å². The van der Waals surface area contributed by atoms with Gasteiger partial charge in [0.25, 0.3) is 0 Å². The summed E-state index contributed by atoms with van der Waals surface area (Å²) in [6.07, 6.45) is -3.86. The van der Waals surface area contributed by atoms with Crippen molar-refractivity contribution in [1.82, 2.24) is 4.90 Å². The lowest BCUT2D eigenvalue weighted by atomic mass is 10.2. The van der Waals surface area contributed by atoms with Gasteiger partial charge in [-0.1, -0.05) is 36.7 Å². The van der Waals surface area contributed by atoms with Gasteiger partial charge in [0.1, 0.15) is 6.54 Å². The lowest BCUT2D eigenvalue weighted by molar-refractivity contribution is -0.161. The first kappa shape index (κ1) is 15.7. The van der Waals surface area contributed by atoms with Gasteiger partial charge in [-0.3, -0.25) is 4.79 Å². The van der Waals surface area contributed by atoms with E-state index in [2.05, 4.69) is 15.9 Å². The fourth-order valence-electron chi connectivity index (χ4n) is 1.26. The molecule has 0 saturated carbocycles. The Morgan fingerprint density at radius 1 is 1.38 bits per heavy atom. The van der Waals surface area contributed by atoms with Crippen molar-refractivity contribution < 1.29 is 18.0 Å². The van der Waals surface area contributed by atoms with Crippen LogP contribution in [0.15, 0.2) is 0 Å². The van der Waals surface area contributed by atoms with Crippen molar-refractivity contribution in [1.29, 1.82) is 0 Å². The number of halogens is 4. The van der Waals surface area contributed by atoms with E-state index in [4.69, 9.17) is 0 Å². The molecule has 0 saturated heterocycles. The number of rotatable bonds is 5. The van der Waals surface area contributed by atoms with Gasteiger partial charge in [-0.15, -0.1) is 0 Å². The lowest BCUT2D eigenvalue weighted by Crippen LogP contribution is -2.44. The molecule has 2 nitrogen and oxygen atoms in total. The van der Waals surface area contributed by atoms with Crippen molar-refractivity contribution in [3.63, 3.8) is 0 Å². The highest BCUT2D eigenvalue weighted by atomic mass is 79.9. The van der Waals surface area contributed by atoms with Crippen LogP contribution in [0.1, 0.15) is 27.2 Å². The van der Waals surface area contributed by atoms with Crippen molar-refractivity contribution in [2.24, 2.45) is 5.92 Å². The van der Waals surface area contributed by atoms with Crippen molar-refractivity contribution in [3.05, 3.63) is 0 Å². The Balaban J connectivity index is 4.60. The largest absolute Gasteiger partial charge is 0.406 e. The first-order valence-electron chi connectivity index (χ1n) is 5.17. The quantitative estimate of drug-likeness (QED) is 0.714. The number of carbonyl (C=O) groups excluding carboxylic acids is 1. The molecule has 0 aliphatic rings. The van der Waals surface area contributed by atoms with E-state index in [1.165, 1.54) is 0 Å². The van der Waals surface area contributed by atoms with Crippen molar-refractivity contribution in [3.8, 4) is 0 Å². The van der Waals surface area contributed by atoms with Gasteiger partial charge in [0.15, 0.2) is 0 Å². The van der Waals surface area contributed by atoms with Gasteiger partial charge in [-0.25, -0.2) is 0 Å². The third kappa shape index (κ3) is 6.35. The first-order chi connectivity index (χ1) is 7.17. The minimum Gasteiger partial charge on any atom is -0.332 e. The molecule has 0 bridgehead atoms. The SMILES string of the molecule is CCC(Br)C(=O)N(CC(C)C)CC(F)(F)F. The highest BCUT2D eigenvalue weighted by molar-refractivity contribution is 9.10. The summed E-state index contributed by atoms with van der Waals surface area (Å²) >= 11 is 3.08. The molecule has 6 heteroatoms. The average Bonchev–Trinajstić information content (AvgIpc) is 2.11. The Labute approximate surface area is 102 Å². The molecule has 0 rings (SSSR count).